The van der Waals surface area contributed by atoms with Gasteiger partial charge < -0.3 is 19.9 Å². The first-order valence-corrected chi connectivity index (χ1v) is 10.6. The van der Waals surface area contributed by atoms with Crippen LogP contribution in [0.4, 0.5) is 4.79 Å². The third-order valence-electron chi connectivity index (χ3n) is 6.48. The summed E-state index contributed by atoms with van der Waals surface area (Å²) < 4.78 is 2.17. The van der Waals surface area contributed by atoms with E-state index in [1.807, 2.05) is 31.3 Å². The molecule has 2 atom stereocenters. The van der Waals surface area contributed by atoms with Crippen LogP contribution in [0.2, 0.25) is 0 Å². The van der Waals surface area contributed by atoms with Gasteiger partial charge in [-0.1, -0.05) is 30.3 Å². The van der Waals surface area contributed by atoms with E-state index in [0.717, 1.165) is 16.9 Å². The number of aryl methyl sites for hydroxylation is 1. The highest BCUT2D eigenvalue weighted by Crippen LogP contribution is 2.27. The molecule has 172 valence electrons. The lowest BCUT2D eigenvalue weighted by Gasteiger charge is -2.18. The Hall–Kier alpha value is -3.85. The topological polar surface area (TPSA) is 124 Å². The number of nitrogens with one attached hydrogen (secondary N) is 2. The lowest BCUT2D eigenvalue weighted by molar-refractivity contribution is -0.133. The van der Waals surface area contributed by atoms with Crippen molar-refractivity contribution in [2.24, 2.45) is 13.0 Å². The number of carbonyl (C=O) groups excluding carboxylic acids is 2. The molecule has 3 aromatic rings. The zero-order valence-electron chi connectivity index (χ0n) is 18.4. The molecule has 3 amide bonds. The Labute approximate surface area is 190 Å². The molecular formula is C24H26N4O5. The predicted octanol–water partition coefficient (Wildman–Crippen LogP) is 2.29. The highest BCUT2D eigenvalue weighted by molar-refractivity contribution is 5.95. The summed E-state index contributed by atoms with van der Waals surface area (Å²) in [4.78, 5) is 37.0. The number of benzene rings is 2. The number of carboxylic acid groups (broad SMARTS) is 1. The predicted molar refractivity (Wildman–Crippen MR) is 121 cm³/mol. The highest BCUT2D eigenvalue weighted by Gasteiger charge is 2.40. The van der Waals surface area contributed by atoms with E-state index in [-0.39, 0.29) is 13.1 Å². The second kappa shape index (κ2) is 8.95. The Balaban J connectivity index is 1.48. The van der Waals surface area contributed by atoms with E-state index in [1.165, 1.54) is 22.2 Å². The summed E-state index contributed by atoms with van der Waals surface area (Å²) in [5, 5.41) is 22.1. The van der Waals surface area contributed by atoms with Crippen LogP contribution in [0.1, 0.15) is 27.2 Å². The normalized spacial score (nSPS) is 17.8. The van der Waals surface area contributed by atoms with Gasteiger partial charge in [0, 0.05) is 42.3 Å². The van der Waals surface area contributed by atoms with Crippen LogP contribution in [-0.2, 0) is 18.3 Å². The summed E-state index contributed by atoms with van der Waals surface area (Å²) in [5.74, 6) is -2.01. The molecule has 1 aromatic heterocycles. The third kappa shape index (κ3) is 4.27. The van der Waals surface area contributed by atoms with Crippen molar-refractivity contribution in [1.82, 2.24) is 20.3 Å². The fraction of sp³-hybridized carbons (Fsp3) is 0.292. The fourth-order valence-electron chi connectivity index (χ4n) is 4.51. The molecule has 4 N–H and O–H groups in total. The minimum Gasteiger partial charge on any atom is -0.465 e. The lowest BCUT2D eigenvalue weighted by Crippen LogP contribution is -2.45. The first-order valence-electron chi connectivity index (χ1n) is 10.6. The third-order valence-corrected chi connectivity index (χ3v) is 6.48. The van der Waals surface area contributed by atoms with E-state index in [1.54, 1.807) is 17.6 Å². The molecule has 9 nitrogen and oxygen atoms in total. The van der Waals surface area contributed by atoms with Crippen molar-refractivity contribution in [1.29, 1.82) is 0 Å². The number of para-hydroxylation sites is 1. The first kappa shape index (κ1) is 22.3. The molecule has 0 unspecified atom stereocenters. The van der Waals surface area contributed by atoms with Crippen molar-refractivity contribution < 1.29 is 24.7 Å². The summed E-state index contributed by atoms with van der Waals surface area (Å²) in [5.41, 5.74) is 6.62. The molecule has 1 saturated heterocycles. The van der Waals surface area contributed by atoms with Crippen LogP contribution < -0.4 is 10.8 Å². The molecule has 0 bridgehead atoms. The molecule has 0 spiro atoms. The zero-order chi connectivity index (χ0) is 23.7. The van der Waals surface area contributed by atoms with Gasteiger partial charge in [0.1, 0.15) is 0 Å². The van der Waals surface area contributed by atoms with Crippen molar-refractivity contribution in [3.05, 3.63) is 70.9 Å². The molecule has 1 aliphatic heterocycles. The molecule has 0 saturated carbocycles. The van der Waals surface area contributed by atoms with Gasteiger partial charge in [-0.15, -0.1) is 0 Å². The van der Waals surface area contributed by atoms with Crippen molar-refractivity contribution in [3.63, 3.8) is 0 Å². The van der Waals surface area contributed by atoms with Crippen LogP contribution in [0.5, 0.6) is 0 Å². The van der Waals surface area contributed by atoms with Crippen LogP contribution in [0.3, 0.4) is 0 Å². The zero-order valence-corrected chi connectivity index (χ0v) is 18.4. The number of hydrogen-bond donors (Lipinski definition) is 4. The number of likely N-dealkylation sites (tertiary alicyclic amines) is 1. The largest absolute Gasteiger partial charge is 0.465 e. The standard InChI is InChI=1S/C24H26N4O5/c1-14-18(17-5-3-4-6-21(17)27(14)2)11-15-7-9-16(10-8-15)22(29)25-20-13-28(24(31)32)12-19(20)23(30)26-33/h3-10,19-20,33H,11-13H2,1-2H3,(H,25,29)(H,26,30)(H,31,32)/t19-,20+/m0/s1. The lowest BCUT2D eigenvalue weighted by atomic mass is 10.00. The number of rotatable bonds is 5. The molecule has 9 heteroatoms. The maximum atomic E-state index is 12.8. The van der Waals surface area contributed by atoms with Crippen molar-refractivity contribution in [2.45, 2.75) is 19.4 Å². The SMILES string of the molecule is Cc1c(Cc2ccc(C(=O)N[C@@H]3CN(C(=O)O)C[C@@H]3C(=O)NO)cc2)c2ccccc2n1C. The Morgan fingerprint density at radius 1 is 1.06 bits per heavy atom. The second-order valence-corrected chi connectivity index (χ2v) is 8.36. The molecule has 0 radical (unpaired) electrons. The van der Waals surface area contributed by atoms with E-state index in [0.29, 0.717) is 5.56 Å². The van der Waals surface area contributed by atoms with Crippen LogP contribution in [0.25, 0.3) is 10.9 Å². The molecule has 2 heterocycles. The quantitative estimate of drug-likeness (QED) is 0.351. The van der Waals surface area contributed by atoms with Gasteiger partial charge in [-0.3, -0.25) is 14.8 Å². The summed E-state index contributed by atoms with van der Waals surface area (Å²) in [6.07, 6.45) is -0.458. The summed E-state index contributed by atoms with van der Waals surface area (Å²) in [7, 11) is 2.05. The van der Waals surface area contributed by atoms with Crippen LogP contribution in [0.15, 0.2) is 48.5 Å². The molecule has 2 aromatic carbocycles. The van der Waals surface area contributed by atoms with Crippen LogP contribution in [0, 0.1) is 12.8 Å². The van der Waals surface area contributed by atoms with E-state index < -0.39 is 29.9 Å². The number of fused-ring (bicyclic) bond motifs is 1. The molecular weight excluding hydrogens is 424 g/mol. The second-order valence-electron chi connectivity index (χ2n) is 8.36. The maximum absolute atomic E-state index is 12.8. The Kier molecular flexibility index (Phi) is 6.06. The molecule has 1 fully saturated rings. The minimum atomic E-state index is -1.18. The number of amides is 3. The van der Waals surface area contributed by atoms with Gasteiger partial charge >= 0.3 is 6.09 Å². The first-order chi connectivity index (χ1) is 15.8. The van der Waals surface area contributed by atoms with Crippen molar-refractivity contribution in [2.75, 3.05) is 13.1 Å². The van der Waals surface area contributed by atoms with Gasteiger partial charge in [-0.25, -0.2) is 10.3 Å². The average Bonchev–Trinajstić information content (AvgIpc) is 3.34. The van der Waals surface area contributed by atoms with E-state index >= 15 is 0 Å². The Morgan fingerprint density at radius 3 is 2.42 bits per heavy atom. The maximum Gasteiger partial charge on any atom is 0.407 e. The number of hydrogen-bond acceptors (Lipinski definition) is 4. The number of nitrogens with zero attached hydrogens (tertiary/aromatic N) is 2. The van der Waals surface area contributed by atoms with Crippen LogP contribution in [-0.4, -0.2) is 56.8 Å². The van der Waals surface area contributed by atoms with Gasteiger partial charge in [-0.2, -0.15) is 0 Å². The van der Waals surface area contributed by atoms with E-state index in [2.05, 4.69) is 28.9 Å². The average molecular weight is 450 g/mol. The van der Waals surface area contributed by atoms with Gasteiger partial charge in [0.15, 0.2) is 0 Å². The smallest absolute Gasteiger partial charge is 0.407 e. The molecule has 4 rings (SSSR count). The highest BCUT2D eigenvalue weighted by atomic mass is 16.5. The number of carbonyl (C=O) groups is 3. The fourth-order valence-corrected chi connectivity index (χ4v) is 4.51. The van der Waals surface area contributed by atoms with Crippen molar-refractivity contribution >= 4 is 28.8 Å². The summed E-state index contributed by atoms with van der Waals surface area (Å²) in [6, 6.07) is 14.7. The Morgan fingerprint density at radius 2 is 1.76 bits per heavy atom. The number of hydroxylamine groups is 1. The van der Waals surface area contributed by atoms with Gasteiger partial charge in [0.2, 0.25) is 5.91 Å². The minimum absolute atomic E-state index is 0.0302. The van der Waals surface area contributed by atoms with E-state index in [4.69, 9.17) is 5.21 Å². The summed E-state index contributed by atoms with van der Waals surface area (Å²) in [6.45, 7) is 1.96. The summed E-state index contributed by atoms with van der Waals surface area (Å²) >= 11 is 0. The van der Waals surface area contributed by atoms with Crippen LogP contribution >= 0.6 is 0 Å². The van der Waals surface area contributed by atoms with Gasteiger partial charge in [0.25, 0.3) is 5.91 Å². The molecule has 33 heavy (non-hydrogen) atoms. The van der Waals surface area contributed by atoms with Gasteiger partial charge in [-0.05, 0) is 42.7 Å². The Bertz CT molecular complexity index is 1220. The number of aromatic nitrogens is 1. The van der Waals surface area contributed by atoms with Crippen molar-refractivity contribution in [3.8, 4) is 0 Å². The van der Waals surface area contributed by atoms with Gasteiger partial charge in [0.05, 0.1) is 12.0 Å². The molecule has 1 aliphatic rings. The monoisotopic (exact) mass is 450 g/mol. The van der Waals surface area contributed by atoms with E-state index in [9.17, 15) is 19.5 Å². The molecule has 0 aliphatic carbocycles.